The van der Waals surface area contributed by atoms with Gasteiger partial charge in [0.1, 0.15) is 18.8 Å². The van der Waals surface area contributed by atoms with Gasteiger partial charge in [0.25, 0.3) is 0 Å². The largest absolute Gasteiger partial charge is 0.399 e. The lowest BCUT2D eigenvalue weighted by Gasteiger charge is -2.41. The van der Waals surface area contributed by atoms with Crippen molar-refractivity contribution in [3.63, 3.8) is 0 Å². The van der Waals surface area contributed by atoms with Gasteiger partial charge in [-0.1, -0.05) is 25.1 Å². The lowest BCUT2D eigenvalue weighted by molar-refractivity contribution is -0.149. The Morgan fingerprint density at radius 2 is 2.17 bits per heavy atom. The second-order valence-corrected chi connectivity index (χ2v) is 6.80. The minimum Gasteiger partial charge on any atom is -0.399 e. The van der Waals surface area contributed by atoms with Crippen LogP contribution in [0.3, 0.4) is 0 Å². The van der Waals surface area contributed by atoms with Crippen LogP contribution in [-0.4, -0.2) is 43.3 Å². The molecule has 0 aromatic rings. The van der Waals surface area contributed by atoms with Crippen molar-refractivity contribution in [2.45, 2.75) is 46.1 Å². The number of oxime groups is 1. The molecule has 1 aliphatic rings. The second kappa shape index (κ2) is 8.87. The fourth-order valence-corrected chi connectivity index (χ4v) is 3.53. The molecule has 1 N–H and O–H groups in total. The zero-order valence-electron chi connectivity index (χ0n) is 15.0. The lowest BCUT2D eigenvalue weighted by Crippen LogP contribution is -2.52. The van der Waals surface area contributed by atoms with Crippen LogP contribution < -0.4 is 0 Å². The number of carbonyl (C=O) groups excluding carboxylic acids is 2. The van der Waals surface area contributed by atoms with E-state index in [0.29, 0.717) is 18.6 Å². The third-order valence-electron chi connectivity index (χ3n) is 4.40. The Morgan fingerprint density at radius 3 is 2.71 bits per heavy atom. The van der Waals surface area contributed by atoms with Crippen molar-refractivity contribution in [1.82, 2.24) is 0 Å². The molecule has 0 aliphatic heterocycles. The Balaban J connectivity index is 3.17. The minimum atomic E-state index is -0.829. The number of carbonyl (C=O) groups is 2. The van der Waals surface area contributed by atoms with Crippen molar-refractivity contribution in [1.29, 1.82) is 5.41 Å². The van der Waals surface area contributed by atoms with Crippen LogP contribution in [0.2, 0.25) is 0 Å². The molecule has 0 amide bonds. The van der Waals surface area contributed by atoms with Crippen LogP contribution in [-0.2, 0) is 19.2 Å². The molecule has 1 rings (SSSR count). The number of Topliss-reactive ketones (excluding diaryl/α,β-unsaturated/α-hetero) is 2. The highest BCUT2D eigenvalue weighted by atomic mass is 16.6. The molecule has 0 heterocycles. The summed E-state index contributed by atoms with van der Waals surface area (Å²) in [6.07, 6.45) is 3.50. The Bertz CT molecular complexity index is 513. The molecule has 0 radical (unpaired) electrons. The van der Waals surface area contributed by atoms with Gasteiger partial charge in [-0.15, -0.1) is 6.58 Å². The van der Waals surface area contributed by atoms with Crippen LogP contribution in [0.1, 0.15) is 40.0 Å². The molecule has 6 nitrogen and oxygen atoms in total. The lowest BCUT2D eigenvalue weighted by atomic mass is 9.61. The van der Waals surface area contributed by atoms with E-state index in [-0.39, 0.29) is 24.6 Å². The summed E-state index contributed by atoms with van der Waals surface area (Å²) in [5.74, 6) is -1.60. The van der Waals surface area contributed by atoms with Crippen molar-refractivity contribution in [3.8, 4) is 0 Å². The van der Waals surface area contributed by atoms with E-state index in [2.05, 4.69) is 11.7 Å². The third kappa shape index (κ3) is 4.60. The number of ketones is 2. The fourth-order valence-electron chi connectivity index (χ4n) is 3.53. The molecule has 0 spiro atoms. The molecular weight excluding hydrogens is 308 g/mol. The van der Waals surface area contributed by atoms with Crippen LogP contribution in [0.15, 0.2) is 17.8 Å². The minimum absolute atomic E-state index is 0.106. The summed E-state index contributed by atoms with van der Waals surface area (Å²) < 4.78 is 5.70. The Morgan fingerprint density at radius 1 is 1.50 bits per heavy atom. The maximum Gasteiger partial charge on any atom is 0.155 e. The first kappa shape index (κ1) is 20.2. The molecule has 0 aromatic heterocycles. The van der Waals surface area contributed by atoms with E-state index < -0.39 is 23.4 Å². The molecule has 1 saturated carbocycles. The van der Waals surface area contributed by atoms with Crippen LogP contribution >= 0.6 is 0 Å². The predicted molar refractivity (Wildman–Crippen MR) is 93.5 cm³/mol. The molecule has 24 heavy (non-hydrogen) atoms. The monoisotopic (exact) mass is 336 g/mol. The number of hydrogen-bond donors (Lipinski definition) is 1. The highest BCUT2D eigenvalue weighted by molar-refractivity contribution is 6.15. The van der Waals surface area contributed by atoms with Crippen molar-refractivity contribution in [3.05, 3.63) is 12.7 Å². The van der Waals surface area contributed by atoms with E-state index in [9.17, 15) is 9.59 Å². The van der Waals surface area contributed by atoms with Gasteiger partial charge in [0.15, 0.2) is 5.78 Å². The van der Waals surface area contributed by atoms with Gasteiger partial charge >= 0.3 is 0 Å². The molecule has 0 aromatic carbocycles. The Labute approximate surface area is 143 Å². The summed E-state index contributed by atoms with van der Waals surface area (Å²) in [5, 5.41) is 11.1. The molecular formula is C18H28N2O4. The standard InChI is InChI=1S/C18H28N2O4/c1-6-10-24-14(8-7-9-19)15-13(21)11-18(3,4)16(17(15)22)12(2)20-23-5/h6,9,14-16,19H,1,7-8,10-11H2,2-5H3. The van der Waals surface area contributed by atoms with Crippen LogP contribution in [0, 0.1) is 22.7 Å². The summed E-state index contributed by atoms with van der Waals surface area (Å²) in [6.45, 7) is 9.42. The first-order chi connectivity index (χ1) is 11.3. The molecule has 3 atom stereocenters. The number of ether oxygens (including phenoxy) is 1. The normalized spacial score (nSPS) is 25.2. The summed E-state index contributed by atoms with van der Waals surface area (Å²) in [6, 6.07) is 0. The topological polar surface area (TPSA) is 88.8 Å². The summed E-state index contributed by atoms with van der Waals surface area (Å²) >= 11 is 0. The highest BCUT2D eigenvalue weighted by Gasteiger charge is 2.51. The van der Waals surface area contributed by atoms with E-state index in [1.165, 1.54) is 13.3 Å². The zero-order chi connectivity index (χ0) is 18.3. The van der Waals surface area contributed by atoms with Gasteiger partial charge in [-0.2, -0.15) is 0 Å². The average molecular weight is 336 g/mol. The number of hydrogen-bond acceptors (Lipinski definition) is 6. The van der Waals surface area contributed by atoms with E-state index in [1.807, 2.05) is 13.8 Å². The SMILES string of the molecule is C=CCOC(CCC=N)C1C(=O)CC(C)(C)C(C(C)=NOC)C1=O. The highest BCUT2D eigenvalue weighted by Crippen LogP contribution is 2.42. The molecule has 0 bridgehead atoms. The summed E-state index contributed by atoms with van der Waals surface area (Å²) in [7, 11) is 1.44. The maximum absolute atomic E-state index is 13.1. The van der Waals surface area contributed by atoms with Gasteiger partial charge in [0.2, 0.25) is 0 Å². The van der Waals surface area contributed by atoms with E-state index >= 15 is 0 Å². The predicted octanol–water partition coefficient (Wildman–Crippen LogP) is 2.81. The van der Waals surface area contributed by atoms with E-state index in [4.69, 9.17) is 15.0 Å². The van der Waals surface area contributed by atoms with Gasteiger partial charge in [-0.3, -0.25) is 9.59 Å². The fraction of sp³-hybridized carbons (Fsp3) is 0.667. The molecule has 1 aliphatic carbocycles. The Kier molecular flexibility index (Phi) is 7.48. The van der Waals surface area contributed by atoms with Crippen molar-refractivity contribution in [2.24, 2.45) is 22.4 Å². The molecule has 3 unspecified atom stereocenters. The van der Waals surface area contributed by atoms with Gasteiger partial charge in [0, 0.05) is 6.42 Å². The van der Waals surface area contributed by atoms with Gasteiger partial charge in [-0.25, -0.2) is 0 Å². The van der Waals surface area contributed by atoms with Gasteiger partial charge in [-0.05, 0) is 31.4 Å². The molecule has 134 valence electrons. The number of nitrogens with zero attached hydrogens (tertiary/aromatic N) is 1. The maximum atomic E-state index is 13.1. The van der Waals surface area contributed by atoms with Gasteiger partial charge < -0.3 is 15.0 Å². The van der Waals surface area contributed by atoms with Crippen molar-refractivity contribution >= 4 is 23.5 Å². The van der Waals surface area contributed by atoms with Crippen LogP contribution in [0.5, 0.6) is 0 Å². The molecule has 0 saturated heterocycles. The van der Waals surface area contributed by atoms with Crippen LogP contribution in [0.4, 0.5) is 0 Å². The van der Waals surface area contributed by atoms with Crippen LogP contribution in [0.25, 0.3) is 0 Å². The summed E-state index contributed by atoms with van der Waals surface area (Å²) in [4.78, 5) is 30.6. The molecule has 1 fully saturated rings. The Hall–Kier alpha value is -1.82. The molecule has 6 heteroatoms. The van der Waals surface area contributed by atoms with Gasteiger partial charge in [0.05, 0.1) is 24.3 Å². The quantitative estimate of drug-likeness (QED) is 0.303. The average Bonchev–Trinajstić information content (AvgIpc) is 2.48. The zero-order valence-corrected chi connectivity index (χ0v) is 15.0. The van der Waals surface area contributed by atoms with E-state index in [0.717, 1.165) is 0 Å². The summed E-state index contributed by atoms with van der Waals surface area (Å²) in [5.41, 5.74) is 0.0564. The second-order valence-electron chi connectivity index (χ2n) is 6.80. The van der Waals surface area contributed by atoms with Crippen molar-refractivity contribution < 1.29 is 19.2 Å². The van der Waals surface area contributed by atoms with Crippen molar-refractivity contribution in [2.75, 3.05) is 13.7 Å². The third-order valence-corrected chi connectivity index (χ3v) is 4.40. The number of nitrogens with one attached hydrogen (secondary N) is 1. The van der Waals surface area contributed by atoms with E-state index in [1.54, 1.807) is 13.0 Å². The first-order valence-electron chi connectivity index (χ1n) is 8.15. The smallest absolute Gasteiger partial charge is 0.155 e. The first-order valence-corrected chi connectivity index (χ1v) is 8.15. The number of rotatable bonds is 9.